The molecule has 1 aromatic rings. The lowest BCUT2D eigenvalue weighted by atomic mass is 10.2. The van der Waals surface area contributed by atoms with Gasteiger partial charge in [0.25, 0.3) is 0 Å². The quantitative estimate of drug-likeness (QED) is 0.706. The number of aliphatic hydroxyl groups excluding tert-OH is 1. The van der Waals surface area contributed by atoms with E-state index in [1.54, 1.807) is 6.92 Å². The van der Waals surface area contributed by atoms with Gasteiger partial charge < -0.3 is 15.2 Å². The van der Waals surface area contributed by atoms with E-state index < -0.39 is 0 Å². The molecule has 0 radical (unpaired) electrons. The predicted molar refractivity (Wildman–Crippen MR) is 64.2 cm³/mol. The van der Waals surface area contributed by atoms with E-state index in [9.17, 15) is 0 Å². The molecule has 1 aromatic carbocycles. The van der Waals surface area contributed by atoms with Crippen molar-refractivity contribution in [1.82, 2.24) is 5.32 Å². The molecule has 0 spiro atoms. The smallest absolute Gasteiger partial charge is 0.148 e. The van der Waals surface area contributed by atoms with E-state index >= 15 is 0 Å². The Morgan fingerprint density at radius 2 is 2.25 bits per heavy atom. The van der Waals surface area contributed by atoms with Crippen LogP contribution in [0.3, 0.4) is 0 Å². The Hall–Kier alpha value is -1.50. The first kappa shape index (κ1) is 12.6. The number of hydrogen-bond donors (Lipinski definition) is 2. The zero-order valence-electron chi connectivity index (χ0n) is 9.44. The summed E-state index contributed by atoms with van der Waals surface area (Å²) in [6.07, 6.45) is 4.79. The second-order valence-electron chi connectivity index (χ2n) is 3.58. The van der Waals surface area contributed by atoms with Gasteiger partial charge in [0.1, 0.15) is 12.4 Å². The largest absolute Gasteiger partial charge is 0.481 e. The molecule has 3 heteroatoms. The minimum atomic E-state index is -0.348. The summed E-state index contributed by atoms with van der Waals surface area (Å²) in [5, 5.41) is 12.3. The first-order valence-electron chi connectivity index (χ1n) is 5.27. The fourth-order valence-corrected chi connectivity index (χ4v) is 1.33. The van der Waals surface area contributed by atoms with Crippen LogP contribution < -0.4 is 10.1 Å². The van der Waals surface area contributed by atoms with Crippen LogP contribution in [0.4, 0.5) is 0 Å². The Labute approximate surface area is 96.4 Å². The maximum Gasteiger partial charge on any atom is 0.148 e. The van der Waals surface area contributed by atoms with Gasteiger partial charge in [0.15, 0.2) is 0 Å². The molecule has 0 aliphatic heterocycles. The molecule has 0 saturated heterocycles. The molecule has 0 amide bonds. The fourth-order valence-electron chi connectivity index (χ4n) is 1.33. The lowest BCUT2D eigenvalue weighted by molar-refractivity contribution is 0.190. The van der Waals surface area contributed by atoms with Crippen LogP contribution in [0, 0.1) is 12.3 Å². The van der Waals surface area contributed by atoms with E-state index in [1.165, 1.54) is 0 Å². The number of terminal acetylenes is 1. The Balaban J connectivity index is 2.53. The molecule has 86 valence electrons. The number of rotatable bonds is 6. The summed E-state index contributed by atoms with van der Waals surface area (Å²) in [6, 6.07) is 7.71. The Morgan fingerprint density at radius 1 is 1.50 bits per heavy atom. The number of benzene rings is 1. The monoisotopic (exact) mass is 219 g/mol. The molecule has 0 fully saturated rings. The van der Waals surface area contributed by atoms with Crippen molar-refractivity contribution in [2.75, 3.05) is 13.2 Å². The first-order valence-corrected chi connectivity index (χ1v) is 5.27. The van der Waals surface area contributed by atoms with Gasteiger partial charge in [-0.2, -0.15) is 0 Å². The van der Waals surface area contributed by atoms with Crippen molar-refractivity contribution in [1.29, 1.82) is 0 Å². The highest BCUT2D eigenvalue weighted by atomic mass is 16.5. The van der Waals surface area contributed by atoms with Crippen LogP contribution in [-0.4, -0.2) is 24.4 Å². The Morgan fingerprint density at radius 3 is 2.94 bits per heavy atom. The van der Waals surface area contributed by atoms with Crippen molar-refractivity contribution in [2.45, 2.75) is 19.6 Å². The minimum Gasteiger partial charge on any atom is -0.481 e. The fraction of sp³-hybridized carbons (Fsp3) is 0.385. The number of aliphatic hydroxyl groups is 1. The SMILES string of the molecule is C#CCOc1ccccc1CNC[C@@H](C)O. The predicted octanol–water partition coefficient (Wildman–Crippen LogP) is 1.17. The summed E-state index contributed by atoms with van der Waals surface area (Å²) in [6.45, 7) is 3.23. The summed E-state index contributed by atoms with van der Waals surface area (Å²) in [7, 11) is 0. The topological polar surface area (TPSA) is 41.5 Å². The summed E-state index contributed by atoms with van der Waals surface area (Å²) < 4.78 is 5.41. The van der Waals surface area contributed by atoms with Crippen LogP contribution in [-0.2, 0) is 6.54 Å². The molecular formula is C13H17NO2. The molecule has 0 saturated carbocycles. The van der Waals surface area contributed by atoms with Crippen LogP contribution in [0.25, 0.3) is 0 Å². The van der Waals surface area contributed by atoms with Gasteiger partial charge in [-0.3, -0.25) is 0 Å². The maximum absolute atomic E-state index is 9.12. The van der Waals surface area contributed by atoms with Gasteiger partial charge in [0.2, 0.25) is 0 Å². The number of para-hydroxylation sites is 1. The van der Waals surface area contributed by atoms with Crippen molar-refractivity contribution in [3.63, 3.8) is 0 Å². The van der Waals surface area contributed by atoms with Gasteiger partial charge in [0.05, 0.1) is 6.10 Å². The molecule has 0 bridgehead atoms. The van der Waals surface area contributed by atoms with Crippen molar-refractivity contribution < 1.29 is 9.84 Å². The molecule has 3 nitrogen and oxygen atoms in total. The van der Waals surface area contributed by atoms with Crippen molar-refractivity contribution in [3.05, 3.63) is 29.8 Å². The first-order chi connectivity index (χ1) is 7.74. The van der Waals surface area contributed by atoms with E-state index in [-0.39, 0.29) is 12.7 Å². The molecule has 1 rings (SSSR count). The highest BCUT2D eigenvalue weighted by Gasteiger charge is 2.02. The number of nitrogens with one attached hydrogen (secondary N) is 1. The number of hydrogen-bond acceptors (Lipinski definition) is 3. The zero-order valence-corrected chi connectivity index (χ0v) is 9.44. The molecule has 0 unspecified atom stereocenters. The second kappa shape index (κ2) is 6.89. The third-order valence-corrected chi connectivity index (χ3v) is 2.04. The molecule has 0 aliphatic carbocycles. The summed E-state index contributed by atoms with van der Waals surface area (Å²) in [5.41, 5.74) is 1.04. The van der Waals surface area contributed by atoms with Gasteiger partial charge in [-0.15, -0.1) is 6.42 Å². The molecular weight excluding hydrogens is 202 g/mol. The van der Waals surface area contributed by atoms with Crippen molar-refractivity contribution >= 4 is 0 Å². The number of ether oxygens (including phenoxy) is 1. The van der Waals surface area contributed by atoms with Crippen molar-refractivity contribution in [3.8, 4) is 18.1 Å². The third-order valence-electron chi connectivity index (χ3n) is 2.04. The summed E-state index contributed by atoms with van der Waals surface area (Å²) >= 11 is 0. The lowest BCUT2D eigenvalue weighted by Crippen LogP contribution is -2.24. The van der Waals surface area contributed by atoms with E-state index in [0.717, 1.165) is 11.3 Å². The van der Waals surface area contributed by atoms with Gasteiger partial charge in [-0.25, -0.2) is 0 Å². The Bertz CT molecular complexity index is 355. The molecule has 16 heavy (non-hydrogen) atoms. The van der Waals surface area contributed by atoms with Crippen LogP contribution in [0.1, 0.15) is 12.5 Å². The summed E-state index contributed by atoms with van der Waals surface area (Å²) in [5.74, 6) is 3.23. The van der Waals surface area contributed by atoms with Gasteiger partial charge in [-0.1, -0.05) is 24.1 Å². The van der Waals surface area contributed by atoms with Crippen LogP contribution in [0.5, 0.6) is 5.75 Å². The van der Waals surface area contributed by atoms with E-state index in [2.05, 4.69) is 11.2 Å². The van der Waals surface area contributed by atoms with Crippen molar-refractivity contribution in [2.24, 2.45) is 0 Å². The summed E-state index contributed by atoms with van der Waals surface area (Å²) in [4.78, 5) is 0. The molecule has 0 aliphatic rings. The molecule has 0 aromatic heterocycles. The standard InChI is InChI=1S/C13H17NO2/c1-3-8-16-13-7-5-4-6-12(13)10-14-9-11(2)15/h1,4-7,11,14-15H,8-10H2,2H3/t11-/m1/s1. The highest BCUT2D eigenvalue weighted by Crippen LogP contribution is 2.17. The highest BCUT2D eigenvalue weighted by molar-refractivity contribution is 5.33. The molecule has 1 atom stereocenters. The Kier molecular flexibility index (Phi) is 5.41. The normalized spacial score (nSPS) is 11.8. The van der Waals surface area contributed by atoms with Crippen LogP contribution in [0.15, 0.2) is 24.3 Å². The van der Waals surface area contributed by atoms with E-state index in [1.807, 2.05) is 24.3 Å². The lowest BCUT2D eigenvalue weighted by Gasteiger charge is -2.11. The van der Waals surface area contributed by atoms with E-state index in [4.69, 9.17) is 16.3 Å². The van der Waals surface area contributed by atoms with Crippen LogP contribution >= 0.6 is 0 Å². The van der Waals surface area contributed by atoms with Gasteiger partial charge >= 0.3 is 0 Å². The second-order valence-corrected chi connectivity index (χ2v) is 3.58. The molecule has 2 N–H and O–H groups in total. The zero-order chi connectivity index (χ0) is 11.8. The van der Waals surface area contributed by atoms with E-state index in [0.29, 0.717) is 13.1 Å². The van der Waals surface area contributed by atoms with Crippen LogP contribution in [0.2, 0.25) is 0 Å². The average molecular weight is 219 g/mol. The van der Waals surface area contributed by atoms with Gasteiger partial charge in [0, 0.05) is 18.7 Å². The third kappa shape index (κ3) is 4.35. The maximum atomic E-state index is 9.12. The average Bonchev–Trinajstić information content (AvgIpc) is 2.27. The van der Waals surface area contributed by atoms with Gasteiger partial charge in [-0.05, 0) is 13.0 Å². The minimum absolute atomic E-state index is 0.271. The molecule has 0 heterocycles.